The second-order valence-corrected chi connectivity index (χ2v) is 8.01. The number of nitrogens with one attached hydrogen (secondary N) is 3. The summed E-state index contributed by atoms with van der Waals surface area (Å²) in [6.07, 6.45) is 4.60. The monoisotopic (exact) mass is 399 g/mol. The number of H-pyrrole nitrogens is 1. The Kier molecular flexibility index (Phi) is 5.66. The van der Waals surface area contributed by atoms with Gasteiger partial charge in [0.05, 0.1) is 12.3 Å². The van der Waals surface area contributed by atoms with Crippen LogP contribution in [0.2, 0.25) is 0 Å². The molecular formula is C20H29N7O2. The zero-order valence-electron chi connectivity index (χ0n) is 17.0. The number of aliphatic hydroxyl groups is 1. The second-order valence-electron chi connectivity index (χ2n) is 8.01. The Morgan fingerprint density at radius 2 is 2.21 bits per heavy atom. The molecule has 0 radical (unpaired) electrons. The predicted molar refractivity (Wildman–Crippen MR) is 110 cm³/mol. The number of aliphatic hydroxyl groups excluding tert-OH is 1. The van der Waals surface area contributed by atoms with Crippen molar-refractivity contribution in [3.63, 3.8) is 0 Å². The highest BCUT2D eigenvalue weighted by molar-refractivity contribution is 5.85. The zero-order chi connectivity index (χ0) is 20.4. The number of hydrogen-bond donors (Lipinski definition) is 4. The Morgan fingerprint density at radius 1 is 1.34 bits per heavy atom. The van der Waals surface area contributed by atoms with Crippen molar-refractivity contribution in [2.45, 2.75) is 57.9 Å². The summed E-state index contributed by atoms with van der Waals surface area (Å²) in [7, 11) is 0. The third kappa shape index (κ3) is 4.05. The van der Waals surface area contributed by atoms with Crippen LogP contribution in [0, 0.1) is 0 Å². The number of aromatic amines is 1. The molecule has 1 unspecified atom stereocenters. The van der Waals surface area contributed by atoms with E-state index in [9.17, 15) is 4.79 Å². The van der Waals surface area contributed by atoms with Crippen molar-refractivity contribution < 1.29 is 9.90 Å². The van der Waals surface area contributed by atoms with Crippen molar-refractivity contribution in [1.82, 2.24) is 25.5 Å². The molecule has 4 rings (SSSR count). The number of nitrogens with zero attached hydrogens (tertiary/aromatic N) is 4. The number of aromatic nitrogens is 4. The van der Waals surface area contributed by atoms with Crippen LogP contribution >= 0.6 is 0 Å². The van der Waals surface area contributed by atoms with E-state index in [0.29, 0.717) is 11.9 Å². The quantitative estimate of drug-likeness (QED) is 0.559. The molecule has 0 aromatic carbocycles. The Hall–Kier alpha value is -2.68. The molecule has 0 saturated carbocycles. The summed E-state index contributed by atoms with van der Waals surface area (Å²) < 4.78 is 0. The van der Waals surface area contributed by atoms with E-state index in [1.807, 2.05) is 11.0 Å². The molecule has 0 bridgehead atoms. The Morgan fingerprint density at radius 3 is 2.97 bits per heavy atom. The number of fused-ring (bicyclic) bond motifs is 1. The SMILES string of the molecule is CC(C)c1cc(Nc2nc(N3CCCC3C(=O)NCCO)nc3c2CCC3)n[nH]1. The molecule has 1 saturated heterocycles. The number of aryl methyl sites for hydroxylation is 1. The van der Waals surface area contributed by atoms with Crippen LogP contribution in [0.4, 0.5) is 17.6 Å². The van der Waals surface area contributed by atoms with E-state index in [2.05, 4.69) is 34.7 Å². The van der Waals surface area contributed by atoms with Gasteiger partial charge in [0.25, 0.3) is 0 Å². The summed E-state index contributed by atoms with van der Waals surface area (Å²) in [5, 5.41) is 22.6. The zero-order valence-corrected chi connectivity index (χ0v) is 17.0. The summed E-state index contributed by atoms with van der Waals surface area (Å²) in [5.41, 5.74) is 3.26. The van der Waals surface area contributed by atoms with Crippen molar-refractivity contribution in [2.75, 3.05) is 29.9 Å². The predicted octanol–water partition coefficient (Wildman–Crippen LogP) is 1.63. The van der Waals surface area contributed by atoms with Crippen molar-refractivity contribution in [2.24, 2.45) is 0 Å². The van der Waals surface area contributed by atoms with Crippen LogP contribution in [0.1, 0.15) is 56.0 Å². The second kappa shape index (κ2) is 8.36. The molecule has 156 valence electrons. The van der Waals surface area contributed by atoms with Crippen molar-refractivity contribution >= 4 is 23.5 Å². The number of amides is 1. The van der Waals surface area contributed by atoms with Crippen LogP contribution in [0.5, 0.6) is 0 Å². The van der Waals surface area contributed by atoms with Gasteiger partial charge in [0, 0.05) is 30.4 Å². The third-order valence-corrected chi connectivity index (χ3v) is 5.61. The molecule has 4 N–H and O–H groups in total. The number of anilines is 3. The van der Waals surface area contributed by atoms with Gasteiger partial charge in [-0.1, -0.05) is 13.8 Å². The van der Waals surface area contributed by atoms with Crippen LogP contribution in [0.3, 0.4) is 0 Å². The number of carbonyl (C=O) groups excluding carboxylic acids is 1. The maximum Gasteiger partial charge on any atom is 0.242 e. The van der Waals surface area contributed by atoms with E-state index in [-0.39, 0.29) is 25.1 Å². The first-order valence-electron chi connectivity index (χ1n) is 10.4. The molecule has 2 aromatic heterocycles. The van der Waals surface area contributed by atoms with Gasteiger partial charge in [-0.15, -0.1) is 0 Å². The van der Waals surface area contributed by atoms with Gasteiger partial charge in [0.1, 0.15) is 11.9 Å². The first-order chi connectivity index (χ1) is 14.1. The lowest BCUT2D eigenvalue weighted by atomic mass is 10.1. The molecule has 9 nitrogen and oxygen atoms in total. The lowest BCUT2D eigenvalue weighted by molar-refractivity contribution is -0.122. The number of rotatable bonds is 7. The van der Waals surface area contributed by atoms with Gasteiger partial charge in [-0.05, 0) is 38.0 Å². The van der Waals surface area contributed by atoms with Gasteiger partial charge in [-0.3, -0.25) is 9.89 Å². The Bertz CT molecular complexity index is 880. The fourth-order valence-electron chi connectivity index (χ4n) is 4.04. The standard InChI is InChI=1S/C20H29N7O2/c1-12(2)15-11-17(26-25-15)23-18-13-5-3-6-14(13)22-20(24-18)27-9-4-7-16(27)19(29)21-8-10-28/h11-12,16,28H,3-10H2,1-2H3,(H,21,29)(H2,22,23,24,25,26). The Balaban J connectivity index is 1.61. The van der Waals surface area contributed by atoms with E-state index in [1.165, 1.54) is 0 Å². The van der Waals surface area contributed by atoms with Gasteiger partial charge in [0.15, 0.2) is 5.82 Å². The van der Waals surface area contributed by atoms with Crippen LogP contribution in [0.15, 0.2) is 6.07 Å². The molecule has 1 atom stereocenters. The maximum atomic E-state index is 12.5. The normalized spacial score (nSPS) is 18.3. The Labute approximate surface area is 170 Å². The first kappa shape index (κ1) is 19.6. The minimum Gasteiger partial charge on any atom is -0.395 e. The van der Waals surface area contributed by atoms with E-state index in [4.69, 9.17) is 15.1 Å². The van der Waals surface area contributed by atoms with E-state index < -0.39 is 0 Å². The summed E-state index contributed by atoms with van der Waals surface area (Å²) in [6, 6.07) is 1.71. The molecule has 29 heavy (non-hydrogen) atoms. The maximum absolute atomic E-state index is 12.5. The summed E-state index contributed by atoms with van der Waals surface area (Å²) in [5.74, 6) is 2.41. The molecule has 1 fully saturated rings. The van der Waals surface area contributed by atoms with Crippen LogP contribution in [-0.4, -0.2) is 56.9 Å². The smallest absolute Gasteiger partial charge is 0.242 e. The van der Waals surface area contributed by atoms with Gasteiger partial charge in [-0.2, -0.15) is 10.1 Å². The van der Waals surface area contributed by atoms with Crippen molar-refractivity contribution in [1.29, 1.82) is 0 Å². The highest BCUT2D eigenvalue weighted by atomic mass is 16.3. The summed E-state index contributed by atoms with van der Waals surface area (Å²) in [6.45, 7) is 5.18. The van der Waals surface area contributed by atoms with Crippen LogP contribution in [0.25, 0.3) is 0 Å². The first-order valence-corrected chi connectivity index (χ1v) is 10.4. The largest absolute Gasteiger partial charge is 0.395 e. The van der Waals surface area contributed by atoms with Gasteiger partial charge < -0.3 is 20.6 Å². The van der Waals surface area contributed by atoms with Crippen molar-refractivity contribution in [3.05, 3.63) is 23.0 Å². The minimum absolute atomic E-state index is 0.0656. The third-order valence-electron chi connectivity index (χ3n) is 5.61. The van der Waals surface area contributed by atoms with E-state index in [1.54, 1.807) is 0 Å². The molecule has 1 aliphatic heterocycles. The van der Waals surface area contributed by atoms with Gasteiger partial charge in [-0.25, -0.2) is 4.98 Å². The molecule has 3 heterocycles. The fraction of sp³-hybridized carbons (Fsp3) is 0.600. The van der Waals surface area contributed by atoms with Crippen LogP contribution in [-0.2, 0) is 17.6 Å². The lowest BCUT2D eigenvalue weighted by Gasteiger charge is -2.25. The molecule has 9 heteroatoms. The van der Waals surface area contributed by atoms with E-state index >= 15 is 0 Å². The molecule has 2 aromatic rings. The van der Waals surface area contributed by atoms with Crippen molar-refractivity contribution in [3.8, 4) is 0 Å². The molecular weight excluding hydrogens is 370 g/mol. The summed E-state index contributed by atoms with van der Waals surface area (Å²) >= 11 is 0. The topological polar surface area (TPSA) is 119 Å². The molecule has 1 amide bonds. The number of hydrogen-bond acceptors (Lipinski definition) is 7. The highest BCUT2D eigenvalue weighted by Gasteiger charge is 2.33. The fourth-order valence-corrected chi connectivity index (χ4v) is 4.04. The lowest BCUT2D eigenvalue weighted by Crippen LogP contribution is -2.44. The summed E-state index contributed by atoms with van der Waals surface area (Å²) in [4.78, 5) is 24.1. The molecule has 1 aliphatic carbocycles. The molecule has 0 spiro atoms. The molecule has 2 aliphatic rings. The highest BCUT2D eigenvalue weighted by Crippen LogP contribution is 2.32. The van der Waals surface area contributed by atoms with E-state index in [0.717, 1.165) is 67.2 Å². The van der Waals surface area contributed by atoms with Gasteiger partial charge >= 0.3 is 0 Å². The van der Waals surface area contributed by atoms with Crippen LogP contribution < -0.4 is 15.5 Å². The number of carbonyl (C=O) groups is 1. The van der Waals surface area contributed by atoms with Gasteiger partial charge in [0.2, 0.25) is 11.9 Å². The minimum atomic E-state index is -0.299. The average Bonchev–Trinajstić information content (AvgIpc) is 3.45. The average molecular weight is 399 g/mol.